The summed E-state index contributed by atoms with van der Waals surface area (Å²) < 4.78 is 33.3. The number of likely N-dealkylation sites (N-methyl/N-ethyl adjacent to an activating group) is 1. The molecule has 1 aromatic heterocycles. The Morgan fingerprint density at radius 1 is 0.697 bits per heavy atom. The predicted octanol–water partition coefficient (Wildman–Crippen LogP) is 4.07. The number of para-hydroxylation sites is 1. The number of fused-ring (bicyclic) bond motifs is 2. The van der Waals surface area contributed by atoms with E-state index in [1.165, 1.54) is 0 Å². The molecule has 20 nitrogen and oxygen atoms in total. The van der Waals surface area contributed by atoms with Crippen LogP contribution in [0.5, 0.6) is 5.88 Å². The van der Waals surface area contributed by atoms with Gasteiger partial charge in [0.15, 0.2) is 5.88 Å². The largest absolute Gasteiger partial charge is 0.494 e. The molecule has 3 aliphatic rings. The molecule has 3 fully saturated rings. The van der Waals surface area contributed by atoms with E-state index in [-0.39, 0.29) is 48.1 Å². The molecular formula is C55H77N9O11S. The maximum Gasteiger partial charge on any atom is 0.315 e. The van der Waals surface area contributed by atoms with Crippen LogP contribution in [0.1, 0.15) is 43.2 Å². The first-order valence-electron chi connectivity index (χ1n) is 26.7. The number of hydrogen-bond donors (Lipinski definition) is 6. The molecule has 4 heterocycles. The number of benzene rings is 3. The smallest absolute Gasteiger partial charge is 0.315 e. The normalized spacial score (nSPS) is 17.9. The first-order chi connectivity index (χ1) is 37.2. The molecule has 3 saturated heterocycles. The van der Waals surface area contributed by atoms with E-state index in [2.05, 4.69) is 36.1 Å². The highest BCUT2D eigenvalue weighted by atomic mass is 32.2. The molecule has 4 aromatic rings. The highest BCUT2D eigenvalue weighted by Crippen LogP contribution is 2.34. The summed E-state index contributed by atoms with van der Waals surface area (Å²) in [5.74, 6) is 0.984. The summed E-state index contributed by atoms with van der Waals surface area (Å²) in [6, 6.07) is 25.4. The van der Waals surface area contributed by atoms with Crippen molar-refractivity contribution in [3.8, 4) is 5.88 Å². The number of H-pyrrole nitrogens is 1. The SMILES string of the molecule is CN(C(=O)CN1CCN(CCNC(=O)CCOCCOCCOCCOCCOCCOCCNC(=O)CCCC[C@@H]2SC[C@@H]3NC(=O)N[C@@H]32)CC1)c1ccc(N=C(c2ccccc2)c2c(O)[nH]c3ccccc23)cc1. The van der Waals surface area contributed by atoms with Gasteiger partial charge in [-0.05, 0) is 43.2 Å². The summed E-state index contributed by atoms with van der Waals surface area (Å²) in [6.07, 6.45) is 3.57. The van der Waals surface area contributed by atoms with Crippen LogP contribution in [-0.4, -0.2) is 211 Å². The molecule has 3 aromatic carbocycles. The van der Waals surface area contributed by atoms with Crippen LogP contribution in [0.4, 0.5) is 16.2 Å². The molecule has 0 aliphatic carbocycles. The van der Waals surface area contributed by atoms with Gasteiger partial charge in [0.2, 0.25) is 17.7 Å². The zero-order chi connectivity index (χ0) is 53.2. The van der Waals surface area contributed by atoms with Gasteiger partial charge in [0.25, 0.3) is 0 Å². The fraction of sp³-hybridized carbons (Fsp3) is 0.545. The van der Waals surface area contributed by atoms with Crippen molar-refractivity contribution < 1.29 is 52.7 Å². The molecule has 0 bridgehead atoms. The van der Waals surface area contributed by atoms with Crippen molar-refractivity contribution >= 4 is 63.5 Å². The van der Waals surface area contributed by atoms with E-state index in [0.29, 0.717) is 128 Å². The van der Waals surface area contributed by atoms with Gasteiger partial charge >= 0.3 is 6.03 Å². The summed E-state index contributed by atoms with van der Waals surface area (Å²) >= 11 is 1.90. The number of anilines is 1. The van der Waals surface area contributed by atoms with Gasteiger partial charge in [-0.2, -0.15) is 11.8 Å². The van der Waals surface area contributed by atoms with E-state index in [4.69, 9.17) is 33.4 Å². The van der Waals surface area contributed by atoms with E-state index in [1.54, 1.807) is 11.9 Å². The lowest BCUT2D eigenvalue weighted by Crippen LogP contribution is -2.51. The van der Waals surface area contributed by atoms with Crippen molar-refractivity contribution in [2.45, 2.75) is 49.4 Å². The lowest BCUT2D eigenvalue weighted by atomic mass is 10.0. The molecule has 0 saturated carbocycles. The lowest BCUT2D eigenvalue weighted by molar-refractivity contribution is -0.123. The Labute approximate surface area is 450 Å². The number of urea groups is 1. The molecule has 7 rings (SSSR count). The third kappa shape index (κ3) is 19.1. The number of amides is 5. The number of carbonyl (C=O) groups is 4. The van der Waals surface area contributed by atoms with Crippen LogP contribution in [0.25, 0.3) is 10.9 Å². The molecule has 5 amide bonds. The first-order valence-corrected chi connectivity index (χ1v) is 27.7. The number of nitrogens with one attached hydrogen (secondary N) is 5. The fourth-order valence-corrected chi connectivity index (χ4v) is 10.7. The number of aromatic hydroxyl groups is 1. The van der Waals surface area contributed by atoms with E-state index in [9.17, 15) is 24.3 Å². The zero-order valence-corrected chi connectivity index (χ0v) is 44.7. The minimum Gasteiger partial charge on any atom is -0.494 e. The van der Waals surface area contributed by atoms with Crippen LogP contribution < -0.4 is 26.2 Å². The summed E-state index contributed by atoms with van der Waals surface area (Å²) in [7, 11) is 1.79. The van der Waals surface area contributed by atoms with Crippen molar-refractivity contribution in [3.63, 3.8) is 0 Å². The number of carbonyl (C=O) groups excluding carboxylic acids is 4. The molecule has 76 heavy (non-hydrogen) atoms. The lowest BCUT2D eigenvalue weighted by Gasteiger charge is -2.35. The Morgan fingerprint density at radius 2 is 1.29 bits per heavy atom. The third-order valence-electron chi connectivity index (χ3n) is 13.4. The number of hydrogen-bond acceptors (Lipinski definition) is 15. The summed E-state index contributed by atoms with van der Waals surface area (Å²) in [5.41, 5.74) is 4.43. The molecule has 0 radical (unpaired) electrons. The summed E-state index contributed by atoms with van der Waals surface area (Å²) in [5, 5.41) is 24.1. The number of aliphatic imine (C=N–C) groups is 1. The number of rotatable bonds is 35. The monoisotopic (exact) mass is 1070 g/mol. The Kier molecular flexibility index (Phi) is 24.6. The minimum absolute atomic E-state index is 0.00138. The van der Waals surface area contributed by atoms with Gasteiger partial charge in [-0.3, -0.25) is 24.2 Å². The quantitative estimate of drug-likeness (QED) is 0.0217. The number of aromatic amines is 1. The fourth-order valence-electron chi connectivity index (χ4n) is 9.15. The Morgan fingerprint density at radius 3 is 1.97 bits per heavy atom. The molecule has 6 N–H and O–H groups in total. The van der Waals surface area contributed by atoms with E-state index < -0.39 is 0 Å². The van der Waals surface area contributed by atoms with Gasteiger partial charge in [0.05, 0.1) is 115 Å². The van der Waals surface area contributed by atoms with Crippen LogP contribution in [0.2, 0.25) is 0 Å². The number of nitrogens with zero attached hydrogens (tertiary/aromatic N) is 4. The number of aromatic nitrogens is 1. The van der Waals surface area contributed by atoms with Gasteiger partial charge in [-0.1, -0.05) is 55.0 Å². The van der Waals surface area contributed by atoms with E-state index in [1.807, 2.05) is 90.6 Å². The van der Waals surface area contributed by atoms with Crippen LogP contribution >= 0.6 is 11.8 Å². The van der Waals surface area contributed by atoms with Crippen molar-refractivity contribution in [1.82, 2.24) is 36.1 Å². The van der Waals surface area contributed by atoms with Crippen molar-refractivity contribution in [2.24, 2.45) is 4.99 Å². The maximum atomic E-state index is 13.4. The topological polar surface area (TPSA) is 230 Å². The summed E-state index contributed by atoms with van der Waals surface area (Å²) in [4.78, 5) is 63.6. The highest BCUT2D eigenvalue weighted by Gasteiger charge is 2.42. The highest BCUT2D eigenvalue weighted by molar-refractivity contribution is 8.00. The standard InChI is InChI=1S/C55H77N9O11S/c1-62(43-17-15-42(16-18-43)58-52(41-9-3-2-4-10-41)51-44-11-5-6-12-45(44)59-54(51)68)50(67)39-64-25-23-63(24-26-64)22-20-56-49(66)19-27-70-29-31-72-33-35-74-37-38-75-36-34-73-32-30-71-28-21-57-48(65)14-8-7-13-47-53-46(40-76-47)60-55(69)61-53/h2-6,9-12,15-18,46-47,53,59,68H,7-8,13-14,19-40H2,1H3,(H,56,66)(H,57,65)(H2,60,61,69)/t46-,47-,53-/m0/s1. The molecule has 21 heteroatoms. The van der Waals surface area contributed by atoms with E-state index >= 15 is 0 Å². The predicted molar refractivity (Wildman–Crippen MR) is 294 cm³/mol. The zero-order valence-electron chi connectivity index (χ0n) is 43.8. The number of ether oxygens (including phenoxy) is 6. The van der Waals surface area contributed by atoms with E-state index in [0.717, 1.165) is 79.9 Å². The molecule has 3 aliphatic heterocycles. The Bertz CT molecular complexity index is 2420. The molecule has 414 valence electrons. The molecule has 0 spiro atoms. The van der Waals surface area contributed by atoms with Crippen LogP contribution in [0.15, 0.2) is 83.9 Å². The number of unbranched alkanes of at least 4 members (excludes halogenated alkanes) is 1. The summed E-state index contributed by atoms with van der Waals surface area (Å²) in [6.45, 7) is 10.3. The van der Waals surface area contributed by atoms with Gasteiger partial charge < -0.3 is 64.7 Å². The third-order valence-corrected chi connectivity index (χ3v) is 14.9. The Hall–Kier alpha value is -5.62. The minimum atomic E-state index is -0.0675. The number of piperazine rings is 1. The van der Waals surface area contributed by atoms with Crippen molar-refractivity contribution in [3.05, 3.63) is 90.0 Å². The second-order valence-electron chi connectivity index (χ2n) is 18.8. The average molecular weight is 1070 g/mol. The Balaban J connectivity index is 0.613. The second-order valence-corrected chi connectivity index (χ2v) is 20.1. The van der Waals surface area contributed by atoms with Crippen molar-refractivity contribution in [2.75, 3.05) is 149 Å². The van der Waals surface area contributed by atoms with Crippen LogP contribution in [0.3, 0.4) is 0 Å². The van der Waals surface area contributed by atoms with Gasteiger partial charge in [0, 0.05) is 98.9 Å². The van der Waals surface area contributed by atoms with Gasteiger partial charge in [-0.15, -0.1) is 0 Å². The first kappa shape index (κ1) is 58.1. The second kappa shape index (κ2) is 32.2. The van der Waals surface area contributed by atoms with Crippen LogP contribution in [-0.2, 0) is 42.8 Å². The number of thioether (sulfide) groups is 1. The molecule has 0 unspecified atom stereocenters. The maximum absolute atomic E-state index is 13.4. The van der Waals surface area contributed by atoms with Gasteiger partial charge in [-0.25, -0.2) is 9.79 Å². The molecule has 3 atom stereocenters. The van der Waals surface area contributed by atoms with Crippen molar-refractivity contribution in [1.29, 1.82) is 0 Å². The average Bonchev–Trinajstić information content (AvgIpc) is 4.13. The molecular weight excluding hydrogens is 995 g/mol. The van der Waals surface area contributed by atoms with Gasteiger partial charge in [0.1, 0.15) is 0 Å². The van der Waals surface area contributed by atoms with Crippen LogP contribution in [0, 0.1) is 0 Å².